The first-order valence-corrected chi connectivity index (χ1v) is 13.3. The maximum absolute atomic E-state index is 15.0. The Hall–Kier alpha value is -2.62. The van der Waals surface area contributed by atoms with Gasteiger partial charge in [-0.2, -0.15) is 0 Å². The number of fused-ring (bicyclic) bond motifs is 1. The Morgan fingerprint density at radius 3 is 2.51 bits per heavy atom. The number of hydrogen-bond acceptors (Lipinski definition) is 6. The fourth-order valence-electron chi connectivity index (χ4n) is 3.59. The molecule has 0 unspecified atom stereocenters. The van der Waals surface area contributed by atoms with Crippen LogP contribution in [0.5, 0.6) is 0 Å². The van der Waals surface area contributed by atoms with Crippen molar-refractivity contribution in [3.05, 3.63) is 58.4 Å². The summed E-state index contributed by atoms with van der Waals surface area (Å²) in [7, 11) is 0. The van der Waals surface area contributed by atoms with E-state index in [1.165, 1.54) is 28.8 Å². The molecule has 10 heteroatoms. The molecular weight excluding hydrogens is 519 g/mol. The number of rotatable bonds is 8. The van der Waals surface area contributed by atoms with Crippen molar-refractivity contribution >= 4 is 46.8 Å². The number of hydrogen-bond donors (Lipinski definition) is 1. The van der Waals surface area contributed by atoms with E-state index in [2.05, 4.69) is 5.32 Å². The average Bonchev–Trinajstić information content (AvgIpc) is 2.90. The number of amides is 2. The van der Waals surface area contributed by atoms with Gasteiger partial charge in [0, 0.05) is 22.3 Å². The Bertz CT molecular complexity index is 1150. The highest BCUT2D eigenvalue weighted by Gasteiger charge is 2.34. The molecule has 1 atom stereocenters. The second-order valence-electron chi connectivity index (χ2n) is 10.2. The summed E-state index contributed by atoms with van der Waals surface area (Å²) in [6.07, 6.45) is -0.729. The zero-order valence-corrected chi connectivity index (χ0v) is 23.2. The molecule has 0 aliphatic carbocycles. The predicted molar refractivity (Wildman–Crippen MR) is 143 cm³/mol. The second kappa shape index (κ2) is 12.3. The molecule has 0 fully saturated rings. The smallest absolute Gasteiger partial charge is 0.408 e. The number of anilines is 1. The molecule has 37 heavy (non-hydrogen) atoms. The Balaban J connectivity index is 1.96. The van der Waals surface area contributed by atoms with E-state index in [1.807, 2.05) is 13.8 Å². The van der Waals surface area contributed by atoms with Crippen molar-refractivity contribution in [2.45, 2.75) is 57.7 Å². The highest BCUT2D eigenvalue weighted by atomic mass is 35.5. The van der Waals surface area contributed by atoms with Crippen molar-refractivity contribution in [1.82, 2.24) is 5.32 Å². The number of alkyl carbamates (subject to hydrolysis) is 1. The van der Waals surface area contributed by atoms with E-state index < -0.39 is 35.2 Å². The normalized spacial score (nSPS) is 15.8. The van der Waals surface area contributed by atoms with Crippen molar-refractivity contribution in [2.75, 3.05) is 23.9 Å². The van der Waals surface area contributed by atoms with Gasteiger partial charge in [-0.15, -0.1) is 11.8 Å². The molecule has 2 amide bonds. The standard InChI is InChI=1S/C27H32ClFN2O5S/c1-16(2)13-35-14-23(32)19-10-22-24(11-20(19)29)37-15-21(30-26(34)36-27(3,4)5)25(33)31(22)12-17-6-8-18(28)9-7-17/h6-11,16,21H,12-15H2,1-5H3,(H,30,34)/t21-/m0/s1. The third-order valence-corrected chi connectivity index (χ3v) is 6.63. The summed E-state index contributed by atoms with van der Waals surface area (Å²) >= 11 is 7.24. The van der Waals surface area contributed by atoms with Gasteiger partial charge in [0.1, 0.15) is 24.1 Å². The zero-order chi connectivity index (χ0) is 27.3. The van der Waals surface area contributed by atoms with Crippen LogP contribution >= 0.6 is 23.4 Å². The molecule has 2 aromatic rings. The first-order valence-electron chi connectivity index (χ1n) is 12.0. The van der Waals surface area contributed by atoms with E-state index in [-0.39, 0.29) is 30.4 Å². The highest BCUT2D eigenvalue weighted by molar-refractivity contribution is 7.99. The van der Waals surface area contributed by atoms with E-state index >= 15 is 4.39 Å². The molecule has 0 aromatic heterocycles. The number of benzene rings is 2. The van der Waals surface area contributed by atoms with Crippen LogP contribution in [0, 0.1) is 11.7 Å². The van der Waals surface area contributed by atoms with Crippen molar-refractivity contribution < 1.29 is 28.2 Å². The molecule has 0 spiro atoms. The minimum absolute atomic E-state index is 0.124. The summed E-state index contributed by atoms with van der Waals surface area (Å²) < 4.78 is 25.8. The van der Waals surface area contributed by atoms with E-state index in [0.29, 0.717) is 22.2 Å². The predicted octanol–water partition coefficient (Wildman–Crippen LogP) is 5.87. The molecule has 1 heterocycles. The van der Waals surface area contributed by atoms with E-state index in [9.17, 15) is 14.4 Å². The van der Waals surface area contributed by atoms with Crippen molar-refractivity contribution in [1.29, 1.82) is 0 Å². The van der Waals surface area contributed by atoms with Crippen molar-refractivity contribution in [3.63, 3.8) is 0 Å². The Kier molecular flexibility index (Phi) is 9.61. The molecule has 2 aromatic carbocycles. The summed E-state index contributed by atoms with van der Waals surface area (Å²) in [5.74, 6) is -1.23. The summed E-state index contributed by atoms with van der Waals surface area (Å²) in [4.78, 5) is 40.9. The van der Waals surface area contributed by atoms with Crippen LogP contribution in [0.4, 0.5) is 14.9 Å². The number of halogens is 2. The molecule has 1 aliphatic rings. The van der Waals surface area contributed by atoms with Crippen molar-refractivity contribution in [3.8, 4) is 0 Å². The van der Waals surface area contributed by atoms with Crippen LogP contribution < -0.4 is 10.2 Å². The first-order chi connectivity index (χ1) is 17.3. The van der Waals surface area contributed by atoms with Gasteiger partial charge in [-0.25, -0.2) is 9.18 Å². The van der Waals surface area contributed by atoms with Crippen LogP contribution in [-0.4, -0.2) is 48.4 Å². The van der Waals surface area contributed by atoms with Crippen LogP contribution in [0.2, 0.25) is 5.02 Å². The van der Waals surface area contributed by atoms with Gasteiger partial charge in [0.15, 0.2) is 5.78 Å². The molecule has 7 nitrogen and oxygen atoms in total. The number of carbonyl (C=O) groups excluding carboxylic acids is 3. The Morgan fingerprint density at radius 1 is 1.22 bits per heavy atom. The summed E-state index contributed by atoms with van der Waals surface area (Å²) in [5, 5.41) is 3.18. The van der Waals surface area contributed by atoms with Gasteiger partial charge >= 0.3 is 6.09 Å². The summed E-state index contributed by atoms with van der Waals surface area (Å²) in [6.45, 7) is 9.31. The lowest BCUT2D eigenvalue weighted by Crippen LogP contribution is -2.50. The SMILES string of the molecule is CC(C)COCC(=O)c1cc2c(cc1F)SC[C@H](NC(=O)OC(C)(C)C)C(=O)N2Cc1ccc(Cl)cc1. The van der Waals surface area contributed by atoms with E-state index in [1.54, 1.807) is 45.0 Å². The lowest BCUT2D eigenvalue weighted by Gasteiger charge is -2.27. The van der Waals surface area contributed by atoms with Crippen LogP contribution in [-0.2, 0) is 20.8 Å². The maximum atomic E-state index is 15.0. The van der Waals surface area contributed by atoms with Gasteiger partial charge in [-0.3, -0.25) is 9.59 Å². The number of ether oxygens (including phenoxy) is 2. The third-order valence-electron chi connectivity index (χ3n) is 5.24. The minimum atomic E-state index is -0.934. The van der Waals surface area contributed by atoms with Gasteiger partial charge in [0.25, 0.3) is 5.91 Å². The maximum Gasteiger partial charge on any atom is 0.408 e. The fourth-order valence-corrected chi connectivity index (χ4v) is 4.79. The first kappa shape index (κ1) is 28.9. The number of nitrogens with zero attached hydrogens (tertiary/aromatic N) is 1. The molecule has 3 rings (SSSR count). The topological polar surface area (TPSA) is 84.9 Å². The van der Waals surface area contributed by atoms with E-state index in [0.717, 1.165) is 5.56 Å². The number of ketones is 1. The Labute approximate surface area is 226 Å². The highest BCUT2D eigenvalue weighted by Crippen LogP contribution is 2.37. The summed E-state index contributed by atoms with van der Waals surface area (Å²) in [5.41, 5.74) is 0.249. The average molecular weight is 551 g/mol. The number of Topliss-reactive ketones (excluding diaryl/α,β-unsaturated/α-hetero) is 1. The fraction of sp³-hybridized carbons (Fsp3) is 0.444. The number of thioether (sulfide) groups is 1. The lowest BCUT2D eigenvalue weighted by molar-refractivity contribution is -0.120. The molecular formula is C27H32ClFN2O5S. The third kappa shape index (κ3) is 8.18. The molecule has 0 saturated carbocycles. The van der Waals surface area contributed by atoms with Crippen LogP contribution in [0.15, 0.2) is 41.3 Å². The molecule has 1 aliphatic heterocycles. The molecule has 0 radical (unpaired) electrons. The van der Waals surface area contributed by atoms with Crippen LogP contribution in [0.1, 0.15) is 50.5 Å². The van der Waals surface area contributed by atoms with Crippen LogP contribution in [0.25, 0.3) is 0 Å². The minimum Gasteiger partial charge on any atom is -0.444 e. The zero-order valence-electron chi connectivity index (χ0n) is 21.6. The Morgan fingerprint density at radius 2 is 1.89 bits per heavy atom. The summed E-state index contributed by atoms with van der Waals surface area (Å²) in [6, 6.07) is 8.68. The largest absolute Gasteiger partial charge is 0.444 e. The quantitative estimate of drug-likeness (QED) is 0.414. The molecule has 0 saturated heterocycles. The molecule has 1 N–H and O–H groups in total. The second-order valence-corrected chi connectivity index (χ2v) is 11.7. The van der Waals surface area contributed by atoms with E-state index in [4.69, 9.17) is 21.1 Å². The van der Waals surface area contributed by atoms with Crippen molar-refractivity contribution in [2.24, 2.45) is 5.92 Å². The van der Waals surface area contributed by atoms with Gasteiger partial charge in [0.2, 0.25) is 0 Å². The molecule has 200 valence electrons. The number of carbonyl (C=O) groups is 3. The van der Waals surface area contributed by atoms with Gasteiger partial charge < -0.3 is 19.7 Å². The van der Waals surface area contributed by atoms with Gasteiger partial charge in [0.05, 0.1) is 17.8 Å². The lowest BCUT2D eigenvalue weighted by atomic mass is 10.1. The van der Waals surface area contributed by atoms with Gasteiger partial charge in [-0.05, 0) is 56.5 Å². The number of nitrogens with one attached hydrogen (secondary N) is 1. The van der Waals surface area contributed by atoms with Crippen LogP contribution in [0.3, 0.4) is 0 Å². The molecule has 0 bridgehead atoms. The monoisotopic (exact) mass is 550 g/mol. The van der Waals surface area contributed by atoms with Gasteiger partial charge in [-0.1, -0.05) is 37.6 Å².